The van der Waals surface area contributed by atoms with Crippen LogP contribution in [0.3, 0.4) is 0 Å². The van der Waals surface area contributed by atoms with E-state index in [-0.39, 0.29) is 0 Å². The number of aromatic nitrogens is 2. The molecule has 0 saturated heterocycles. The predicted molar refractivity (Wildman–Crippen MR) is 238 cm³/mol. The van der Waals surface area contributed by atoms with Gasteiger partial charge in [0, 0.05) is 32.9 Å². The van der Waals surface area contributed by atoms with Gasteiger partial charge in [0.15, 0.2) is 0 Å². The summed E-state index contributed by atoms with van der Waals surface area (Å²) in [6.45, 7) is 0. The molecule has 2 aromatic heterocycles. The maximum atomic E-state index is 2.40. The first kappa shape index (κ1) is 32.3. The molecule has 0 atom stereocenters. The van der Waals surface area contributed by atoms with Crippen LogP contribution >= 0.6 is 0 Å². The molecule has 11 rings (SSSR count). The van der Waals surface area contributed by atoms with Gasteiger partial charge in [0.2, 0.25) is 0 Å². The van der Waals surface area contributed by atoms with Gasteiger partial charge in [-0.25, -0.2) is 0 Å². The summed E-state index contributed by atoms with van der Waals surface area (Å²) < 4.78 is 4.79. The van der Waals surface area contributed by atoms with Crippen molar-refractivity contribution in [3.63, 3.8) is 0 Å². The van der Waals surface area contributed by atoms with Crippen molar-refractivity contribution in [3.8, 4) is 44.8 Å². The predicted octanol–water partition coefficient (Wildman–Crippen LogP) is 14.6. The molecule has 2 nitrogen and oxygen atoms in total. The van der Waals surface area contributed by atoms with E-state index in [2.05, 4.69) is 215 Å². The van der Waals surface area contributed by atoms with Crippen molar-refractivity contribution in [2.45, 2.75) is 12.8 Å². The van der Waals surface area contributed by atoms with Crippen molar-refractivity contribution in [2.75, 3.05) is 0 Å². The lowest BCUT2D eigenvalue weighted by molar-refractivity contribution is 1.04. The third kappa shape index (κ3) is 5.41. The molecular weight excluding hydrogens is 677 g/mol. The van der Waals surface area contributed by atoms with Crippen molar-refractivity contribution in [3.05, 3.63) is 212 Å². The largest absolute Gasteiger partial charge is 0.309 e. The van der Waals surface area contributed by atoms with E-state index in [9.17, 15) is 0 Å². The van der Waals surface area contributed by atoms with Gasteiger partial charge in [0.25, 0.3) is 0 Å². The van der Waals surface area contributed by atoms with E-state index < -0.39 is 0 Å². The summed E-state index contributed by atoms with van der Waals surface area (Å²) in [6.07, 6.45) is 9.14. The summed E-state index contributed by atoms with van der Waals surface area (Å²) in [6, 6.07) is 68.9. The van der Waals surface area contributed by atoms with E-state index in [4.69, 9.17) is 0 Å². The Labute approximate surface area is 326 Å². The van der Waals surface area contributed by atoms with Crippen LogP contribution in [0, 0.1) is 0 Å². The normalized spacial score (nSPS) is 12.9. The van der Waals surface area contributed by atoms with Crippen molar-refractivity contribution in [2.24, 2.45) is 0 Å². The average Bonchev–Trinajstić information content (AvgIpc) is 3.79. The second-order valence-corrected chi connectivity index (χ2v) is 14.9. The molecule has 1 aliphatic rings. The Balaban J connectivity index is 1.01. The van der Waals surface area contributed by atoms with Gasteiger partial charge >= 0.3 is 0 Å². The highest BCUT2D eigenvalue weighted by atomic mass is 15.0. The average molecular weight is 715 g/mol. The van der Waals surface area contributed by atoms with Gasteiger partial charge in [0.1, 0.15) is 0 Å². The Morgan fingerprint density at radius 1 is 0.304 bits per heavy atom. The van der Waals surface area contributed by atoms with Crippen molar-refractivity contribution < 1.29 is 0 Å². The first-order chi connectivity index (χ1) is 27.8. The van der Waals surface area contributed by atoms with Crippen LogP contribution in [0.5, 0.6) is 0 Å². The highest BCUT2D eigenvalue weighted by molar-refractivity contribution is 6.13. The molecule has 0 unspecified atom stereocenters. The molecule has 56 heavy (non-hydrogen) atoms. The Morgan fingerprint density at radius 2 is 0.661 bits per heavy atom. The number of hydrogen-bond donors (Lipinski definition) is 0. The van der Waals surface area contributed by atoms with Crippen LogP contribution in [0.2, 0.25) is 0 Å². The minimum Gasteiger partial charge on any atom is -0.309 e. The van der Waals surface area contributed by atoms with Crippen LogP contribution in [-0.2, 0) is 0 Å². The summed E-state index contributed by atoms with van der Waals surface area (Å²) in [5, 5.41) is 5.05. The molecule has 0 bridgehead atoms. The molecular formula is C54H38N2. The summed E-state index contributed by atoms with van der Waals surface area (Å²) in [5.74, 6) is 0. The third-order valence-electron chi connectivity index (χ3n) is 11.5. The molecule has 0 radical (unpaired) electrons. The standard InChI is InChI=1S/C54H38N2/c1-5-13-37(14-6-1)41-25-29-51-47(33-41)49-35-43(27-31-53(49)55(51)45-17-9-3-10-18-45)39-21-23-40(24-22-39)44-28-32-54-50(36-44)48-34-42(38-15-7-2-8-16-38)26-30-52(48)56(54)46-19-11-4-12-20-46/h1,3-7,9-36H,2,8H2. The fraction of sp³-hybridized carbons (Fsp3) is 0.0370. The molecule has 2 heterocycles. The van der Waals surface area contributed by atoms with Crippen LogP contribution in [-0.4, -0.2) is 9.13 Å². The maximum Gasteiger partial charge on any atom is 0.0541 e. The molecule has 0 aliphatic heterocycles. The van der Waals surface area contributed by atoms with E-state index in [1.165, 1.54) is 99.5 Å². The highest BCUT2D eigenvalue weighted by Crippen LogP contribution is 2.39. The second-order valence-electron chi connectivity index (χ2n) is 14.9. The summed E-state index contributed by atoms with van der Waals surface area (Å²) in [5.41, 5.74) is 17.1. The number of allylic oxidation sites excluding steroid dienone is 4. The van der Waals surface area contributed by atoms with Gasteiger partial charge in [-0.15, -0.1) is 0 Å². The molecule has 2 heteroatoms. The summed E-state index contributed by atoms with van der Waals surface area (Å²) in [7, 11) is 0. The lowest BCUT2D eigenvalue weighted by atomic mass is 9.96. The number of benzene rings is 8. The topological polar surface area (TPSA) is 9.86 Å². The molecule has 0 fully saturated rings. The monoisotopic (exact) mass is 714 g/mol. The van der Waals surface area contributed by atoms with E-state index >= 15 is 0 Å². The fourth-order valence-corrected chi connectivity index (χ4v) is 8.79. The van der Waals surface area contributed by atoms with Gasteiger partial charge in [-0.1, -0.05) is 133 Å². The van der Waals surface area contributed by atoms with Crippen LogP contribution in [0.15, 0.2) is 206 Å². The van der Waals surface area contributed by atoms with Gasteiger partial charge in [-0.05, 0) is 130 Å². The number of para-hydroxylation sites is 2. The molecule has 0 spiro atoms. The quantitative estimate of drug-likeness (QED) is 0.162. The molecule has 1 aliphatic carbocycles. The Morgan fingerprint density at radius 3 is 1.07 bits per heavy atom. The summed E-state index contributed by atoms with van der Waals surface area (Å²) in [4.78, 5) is 0. The van der Waals surface area contributed by atoms with Gasteiger partial charge in [-0.3, -0.25) is 0 Å². The van der Waals surface area contributed by atoms with Crippen LogP contribution < -0.4 is 0 Å². The van der Waals surface area contributed by atoms with E-state index in [1.807, 2.05) is 0 Å². The minimum atomic E-state index is 1.09. The summed E-state index contributed by atoms with van der Waals surface area (Å²) >= 11 is 0. The van der Waals surface area contributed by atoms with E-state index in [0.29, 0.717) is 0 Å². The molecule has 0 N–H and O–H groups in total. The fourth-order valence-electron chi connectivity index (χ4n) is 8.79. The van der Waals surface area contributed by atoms with Crippen LogP contribution in [0.4, 0.5) is 0 Å². The molecule has 0 saturated carbocycles. The van der Waals surface area contributed by atoms with Gasteiger partial charge < -0.3 is 9.13 Å². The first-order valence-electron chi connectivity index (χ1n) is 19.6. The zero-order valence-corrected chi connectivity index (χ0v) is 30.9. The van der Waals surface area contributed by atoms with Crippen LogP contribution in [0.1, 0.15) is 18.4 Å². The smallest absolute Gasteiger partial charge is 0.0541 e. The van der Waals surface area contributed by atoms with Crippen molar-refractivity contribution in [1.82, 2.24) is 9.13 Å². The zero-order chi connectivity index (χ0) is 37.0. The number of rotatable bonds is 6. The molecule has 10 aromatic rings. The number of nitrogens with zero attached hydrogens (tertiary/aromatic N) is 2. The van der Waals surface area contributed by atoms with E-state index in [0.717, 1.165) is 12.8 Å². The van der Waals surface area contributed by atoms with Crippen LogP contribution in [0.25, 0.3) is 93.9 Å². The zero-order valence-electron chi connectivity index (χ0n) is 30.9. The Bertz CT molecular complexity index is 3140. The van der Waals surface area contributed by atoms with Gasteiger partial charge in [0.05, 0.1) is 22.1 Å². The molecule has 8 aromatic carbocycles. The van der Waals surface area contributed by atoms with Gasteiger partial charge in [-0.2, -0.15) is 0 Å². The first-order valence-corrected chi connectivity index (χ1v) is 19.6. The lowest BCUT2D eigenvalue weighted by Crippen LogP contribution is -1.93. The number of hydrogen-bond acceptors (Lipinski definition) is 0. The molecule has 0 amide bonds. The molecule has 264 valence electrons. The third-order valence-corrected chi connectivity index (χ3v) is 11.5. The second kappa shape index (κ2) is 13.3. The SMILES string of the molecule is C1=CC(c2ccc3c(c2)c2cc(-c4ccc(-c5ccc6c(c5)c5cc(-c7ccccc7)ccc5n6-c5ccccc5)cc4)ccc2n3-c2ccccc2)=CCC1. The number of fused-ring (bicyclic) bond motifs is 6. The van der Waals surface area contributed by atoms with Crippen molar-refractivity contribution in [1.29, 1.82) is 0 Å². The van der Waals surface area contributed by atoms with E-state index in [1.54, 1.807) is 0 Å². The highest BCUT2D eigenvalue weighted by Gasteiger charge is 2.17. The minimum absolute atomic E-state index is 1.09. The van der Waals surface area contributed by atoms with Crippen molar-refractivity contribution >= 4 is 49.2 Å². The lowest BCUT2D eigenvalue weighted by Gasteiger charge is -2.10. The Kier molecular flexibility index (Phi) is 7.67. The maximum absolute atomic E-state index is 2.40. The Hall–Kier alpha value is -7.16.